The van der Waals surface area contributed by atoms with E-state index in [-0.39, 0.29) is 25.9 Å². The van der Waals surface area contributed by atoms with Gasteiger partial charge in [0, 0.05) is 20.0 Å². The molecule has 0 saturated carbocycles. The van der Waals surface area contributed by atoms with Crippen molar-refractivity contribution in [3.8, 4) is 0 Å². The summed E-state index contributed by atoms with van der Waals surface area (Å²) in [4.78, 5) is 24.3. The molecule has 0 aromatic rings. The summed E-state index contributed by atoms with van der Waals surface area (Å²) in [5.41, 5.74) is -2.78. The fourth-order valence-electron chi connectivity index (χ4n) is 2.24. The Morgan fingerprint density at radius 3 is 1.90 bits per heavy atom. The summed E-state index contributed by atoms with van der Waals surface area (Å²) < 4.78 is 32.3. The molecule has 0 atom stereocenters. The van der Waals surface area contributed by atoms with Crippen molar-refractivity contribution in [1.82, 2.24) is 4.90 Å². The average Bonchev–Trinajstić information content (AvgIpc) is 2.25. The number of likely N-dealkylation sites (tertiary alicyclic amines) is 1. The molecular weight excluding hydrogens is 272 g/mol. The largest absolute Gasteiger partial charge is 0.481 e. The Balaban J connectivity index is 2.76. The van der Waals surface area contributed by atoms with Crippen LogP contribution in [0.25, 0.3) is 0 Å². The molecule has 116 valence electrons. The highest BCUT2D eigenvalue weighted by atomic mass is 19.3. The second-order valence-electron chi connectivity index (χ2n) is 6.24. The van der Waals surface area contributed by atoms with Gasteiger partial charge in [0.1, 0.15) is 11.0 Å². The van der Waals surface area contributed by atoms with Crippen molar-refractivity contribution >= 4 is 12.1 Å². The molecule has 0 aliphatic carbocycles. The standard InChI is InChI=1S/C13H21F2NO4/c1-11(2,3)20-10(19)16-7-5-13(6-8-16,9(17)18)12(4,14)15/h5-8H2,1-4H3,(H,17,18). The van der Waals surface area contributed by atoms with E-state index in [2.05, 4.69) is 0 Å². The number of ether oxygens (including phenoxy) is 1. The van der Waals surface area contributed by atoms with Gasteiger partial charge in [-0.3, -0.25) is 4.79 Å². The first-order valence-corrected chi connectivity index (χ1v) is 6.48. The molecule has 0 bridgehead atoms. The number of halogens is 2. The second-order valence-corrected chi connectivity index (χ2v) is 6.24. The molecule has 0 radical (unpaired) electrons. The maximum Gasteiger partial charge on any atom is 0.410 e. The molecule has 1 amide bonds. The Kier molecular flexibility index (Phi) is 4.31. The van der Waals surface area contributed by atoms with Crippen LogP contribution in [0.1, 0.15) is 40.5 Å². The number of piperidine rings is 1. The van der Waals surface area contributed by atoms with Gasteiger partial charge in [0.05, 0.1) is 0 Å². The van der Waals surface area contributed by atoms with Crippen LogP contribution in [-0.2, 0) is 9.53 Å². The third-order valence-corrected chi connectivity index (χ3v) is 3.52. The van der Waals surface area contributed by atoms with Crippen molar-refractivity contribution in [3.05, 3.63) is 0 Å². The predicted molar refractivity (Wildman–Crippen MR) is 67.7 cm³/mol. The molecule has 1 rings (SSSR count). The Morgan fingerprint density at radius 2 is 1.60 bits per heavy atom. The average molecular weight is 293 g/mol. The minimum absolute atomic E-state index is 0.0509. The minimum atomic E-state index is -3.33. The van der Waals surface area contributed by atoms with Crippen LogP contribution in [-0.4, -0.2) is 46.7 Å². The highest BCUT2D eigenvalue weighted by molar-refractivity contribution is 5.77. The van der Waals surface area contributed by atoms with Crippen LogP contribution in [0.4, 0.5) is 13.6 Å². The number of alkyl halides is 2. The topological polar surface area (TPSA) is 66.8 Å². The van der Waals surface area contributed by atoms with Crippen molar-refractivity contribution in [2.45, 2.75) is 52.1 Å². The van der Waals surface area contributed by atoms with E-state index in [1.54, 1.807) is 20.8 Å². The van der Waals surface area contributed by atoms with Gasteiger partial charge in [0.15, 0.2) is 0 Å². The maximum atomic E-state index is 13.6. The molecule has 20 heavy (non-hydrogen) atoms. The molecule has 1 N–H and O–H groups in total. The van der Waals surface area contributed by atoms with E-state index in [0.29, 0.717) is 6.92 Å². The number of hydrogen-bond acceptors (Lipinski definition) is 3. The highest BCUT2D eigenvalue weighted by Gasteiger charge is 2.57. The first-order valence-electron chi connectivity index (χ1n) is 6.48. The van der Waals surface area contributed by atoms with E-state index >= 15 is 0 Å². The molecule has 5 nitrogen and oxygen atoms in total. The monoisotopic (exact) mass is 293 g/mol. The Labute approximate surface area is 116 Å². The maximum absolute atomic E-state index is 13.6. The number of nitrogens with zero attached hydrogens (tertiary/aromatic N) is 1. The van der Waals surface area contributed by atoms with Gasteiger partial charge in [0.25, 0.3) is 5.92 Å². The lowest BCUT2D eigenvalue weighted by Crippen LogP contribution is -2.54. The first-order chi connectivity index (χ1) is 8.89. The van der Waals surface area contributed by atoms with Crippen molar-refractivity contribution in [3.63, 3.8) is 0 Å². The van der Waals surface area contributed by atoms with Crippen molar-refractivity contribution in [2.24, 2.45) is 5.41 Å². The summed E-state index contributed by atoms with van der Waals surface area (Å²) in [5.74, 6) is -4.85. The fourth-order valence-corrected chi connectivity index (χ4v) is 2.24. The Bertz CT molecular complexity index is 390. The molecule has 0 aromatic carbocycles. The van der Waals surface area contributed by atoms with Gasteiger partial charge in [-0.2, -0.15) is 0 Å². The lowest BCUT2D eigenvalue weighted by Gasteiger charge is -2.41. The lowest BCUT2D eigenvalue weighted by molar-refractivity contribution is -0.183. The number of rotatable bonds is 2. The zero-order valence-corrected chi connectivity index (χ0v) is 12.2. The van der Waals surface area contributed by atoms with Crippen molar-refractivity contribution in [2.75, 3.05) is 13.1 Å². The van der Waals surface area contributed by atoms with Gasteiger partial charge in [0.2, 0.25) is 0 Å². The summed E-state index contributed by atoms with van der Waals surface area (Å²) in [6, 6.07) is 0. The van der Waals surface area contributed by atoms with Crippen molar-refractivity contribution in [1.29, 1.82) is 0 Å². The van der Waals surface area contributed by atoms with Crippen LogP contribution >= 0.6 is 0 Å². The number of carbonyl (C=O) groups excluding carboxylic acids is 1. The van der Waals surface area contributed by atoms with Gasteiger partial charge in [-0.05, 0) is 33.6 Å². The predicted octanol–water partition coefficient (Wildman–Crippen LogP) is 2.74. The second kappa shape index (κ2) is 5.18. The third kappa shape index (κ3) is 3.37. The smallest absolute Gasteiger partial charge is 0.410 e. The number of amides is 1. The van der Waals surface area contributed by atoms with Gasteiger partial charge >= 0.3 is 12.1 Å². The molecule has 1 aliphatic heterocycles. The van der Waals surface area contributed by atoms with Crippen LogP contribution < -0.4 is 0 Å². The fraction of sp³-hybridized carbons (Fsp3) is 0.846. The molecule has 1 aliphatic rings. The molecule has 1 saturated heterocycles. The van der Waals surface area contributed by atoms with Gasteiger partial charge in [-0.15, -0.1) is 0 Å². The van der Waals surface area contributed by atoms with Crippen LogP contribution in [0, 0.1) is 5.41 Å². The number of carboxylic acids is 1. The molecule has 7 heteroatoms. The number of aliphatic carboxylic acids is 1. The summed E-state index contributed by atoms with van der Waals surface area (Å²) in [6.45, 7) is 5.63. The number of carboxylic acid groups (broad SMARTS) is 1. The van der Waals surface area contributed by atoms with Crippen LogP contribution in [0.15, 0.2) is 0 Å². The van der Waals surface area contributed by atoms with E-state index in [1.165, 1.54) is 4.90 Å². The van der Waals surface area contributed by atoms with E-state index in [9.17, 15) is 18.4 Å². The minimum Gasteiger partial charge on any atom is -0.481 e. The van der Waals surface area contributed by atoms with Crippen molar-refractivity contribution < 1.29 is 28.2 Å². The summed E-state index contributed by atoms with van der Waals surface area (Å²) in [6.07, 6.45) is -1.17. The van der Waals surface area contributed by atoms with Crippen LogP contribution in [0.5, 0.6) is 0 Å². The molecule has 0 unspecified atom stereocenters. The molecule has 0 aromatic heterocycles. The summed E-state index contributed by atoms with van der Waals surface area (Å²) >= 11 is 0. The lowest BCUT2D eigenvalue weighted by atomic mass is 9.73. The molecular formula is C13H21F2NO4. The zero-order chi connectivity index (χ0) is 15.8. The normalized spacial score (nSPS) is 19.6. The molecule has 0 spiro atoms. The van der Waals surface area contributed by atoms with Crippen LogP contribution in [0.2, 0.25) is 0 Å². The quantitative estimate of drug-likeness (QED) is 0.850. The first kappa shape index (κ1) is 16.7. The summed E-state index contributed by atoms with van der Waals surface area (Å²) in [5, 5.41) is 9.12. The zero-order valence-electron chi connectivity index (χ0n) is 12.2. The number of hydrogen-bond donors (Lipinski definition) is 1. The van der Waals surface area contributed by atoms with E-state index in [1.807, 2.05) is 0 Å². The van der Waals surface area contributed by atoms with E-state index < -0.39 is 29.0 Å². The summed E-state index contributed by atoms with van der Waals surface area (Å²) in [7, 11) is 0. The third-order valence-electron chi connectivity index (χ3n) is 3.52. The van der Waals surface area contributed by atoms with E-state index in [4.69, 9.17) is 9.84 Å². The van der Waals surface area contributed by atoms with Gasteiger partial charge < -0.3 is 14.7 Å². The number of carbonyl (C=O) groups is 2. The molecule has 1 fully saturated rings. The van der Waals surface area contributed by atoms with Crippen LogP contribution in [0.3, 0.4) is 0 Å². The van der Waals surface area contributed by atoms with Gasteiger partial charge in [-0.1, -0.05) is 0 Å². The Morgan fingerprint density at radius 1 is 1.15 bits per heavy atom. The molecule has 1 heterocycles. The van der Waals surface area contributed by atoms with Gasteiger partial charge in [-0.25, -0.2) is 13.6 Å². The highest BCUT2D eigenvalue weighted by Crippen LogP contribution is 2.45. The van der Waals surface area contributed by atoms with E-state index in [0.717, 1.165) is 0 Å². The Hall–Kier alpha value is -1.40. The SMILES string of the molecule is CC(C)(C)OC(=O)N1CCC(C(=O)O)(C(C)(F)F)CC1.